The zero-order valence-corrected chi connectivity index (χ0v) is 27.3. The molecule has 1 fully saturated rings. The number of halogens is 1. The molecule has 1 saturated heterocycles. The van der Waals surface area contributed by atoms with Crippen molar-refractivity contribution in [2.75, 3.05) is 56.0 Å². The molecule has 2 heterocycles. The minimum absolute atomic E-state index is 0.123. The largest absolute Gasteiger partial charge is 0.497 e. The van der Waals surface area contributed by atoms with Gasteiger partial charge >= 0.3 is 6.09 Å². The second-order valence-corrected chi connectivity index (χ2v) is 11.8. The number of likely N-dealkylation sites (N-methyl/N-ethyl adjacent to an activating group) is 1. The molecule has 4 aromatic rings. The molecule has 2 unspecified atom stereocenters. The molecule has 1 amide bonds. The van der Waals surface area contributed by atoms with Gasteiger partial charge in [-0.2, -0.15) is 4.98 Å². The molecule has 0 radical (unpaired) electrons. The van der Waals surface area contributed by atoms with E-state index < -0.39 is 12.1 Å². The third-order valence-electron chi connectivity index (χ3n) is 8.60. The van der Waals surface area contributed by atoms with Crippen molar-refractivity contribution in [3.8, 4) is 11.5 Å². The number of ether oxygens (including phenoxy) is 2. The fourth-order valence-electron chi connectivity index (χ4n) is 6.22. The van der Waals surface area contributed by atoms with Gasteiger partial charge in [0.1, 0.15) is 23.1 Å². The first-order valence-electron chi connectivity index (χ1n) is 15.2. The number of carboxylic acid groups (broad SMARTS) is 1. The van der Waals surface area contributed by atoms with Crippen LogP contribution >= 0.6 is 0 Å². The molecule has 5 rings (SSSR count). The van der Waals surface area contributed by atoms with Crippen molar-refractivity contribution in [2.24, 2.45) is 0 Å². The lowest BCUT2D eigenvalue weighted by atomic mass is 9.88. The molecule has 3 aromatic carbocycles. The highest BCUT2D eigenvalue weighted by Crippen LogP contribution is 2.42. The summed E-state index contributed by atoms with van der Waals surface area (Å²) in [7, 11) is 5.18. The van der Waals surface area contributed by atoms with E-state index in [4.69, 9.17) is 9.47 Å². The molecule has 46 heavy (non-hydrogen) atoms. The number of carbonyl (C=O) groups is 1. The molecule has 1 aromatic heterocycles. The number of anilines is 4. The summed E-state index contributed by atoms with van der Waals surface area (Å²) < 4.78 is 26.6. The fraction of sp³-hybridized carbons (Fsp3) is 0.343. The van der Waals surface area contributed by atoms with E-state index >= 15 is 4.39 Å². The Hall–Kier alpha value is -4.90. The van der Waals surface area contributed by atoms with Gasteiger partial charge in [0.15, 0.2) is 0 Å². The van der Waals surface area contributed by atoms with Gasteiger partial charge in [-0.1, -0.05) is 17.7 Å². The first-order chi connectivity index (χ1) is 22.0. The van der Waals surface area contributed by atoms with Crippen LogP contribution in [0.5, 0.6) is 11.5 Å². The predicted octanol–water partition coefficient (Wildman–Crippen LogP) is 6.72. The monoisotopic (exact) mass is 628 g/mol. The summed E-state index contributed by atoms with van der Waals surface area (Å²) in [6.07, 6.45) is 0.252. The lowest BCUT2D eigenvalue weighted by molar-refractivity contribution is 0.199. The van der Waals surface area contributed by atoms with Crippen LogP contribution in [0, 0.1) is 26.6 Å². The summed E-state index contributed by atoms with van der Waals surface area (Å²) in [5.74, 6) is 0.936. The molecular formula is C35H41FN6O4. The van der Waals surface area contributed by atoms with E-state index in [1.165, 1.54) is 23.2 Å². The topological polar surface area (TPSA) is 103 Å². The summed E-state index contributed by atoms with van der Waals surface area (Å²) >= 11 is 0. The lowest BCUT2D eigenvalue weighted by Gasteiger charge is -2.39. The van der Waals surface area contributed by atoms with E-state index in [0.29, 0.717) is 34.5 Å². The first-order valence-corrected chi connectivity index (χ1v) is 15.2. The Labute approximate surface area is 269 Å². The van der Waals surface area contributed by atoms with E-state index in [0.717, 1.165) is 41.9 Å². The van der Waals surface area contributed by atoms with Gasteiger partial charge in [0.25, 0.3) is 0 Å². The molecule has 1 aliphatic rings. The average molecular weight is 629 g/mol. The Kier molecular flexibility index (Phi) is 9.62. The average Bonchev–Trinajstić information content (AvgIpc) is 3.01. The maximum atomic E-state index is 15.3. The van der Waals surface area contributed by atoms with Crippen LogP contribution in [0.25, 0.3) is 0 Å². The summed E-state index contributed by atoms with van der Waals surface area (Å²) in [5.41, 5.74) is 5.25. The zero-order valence-electron chi connectivity index (χ0n) is 27.3. The van der Waals surface area contributed by atoms with Crippen LogP contribution < -0.4 is 24.6 Å². The third kappa shape index (κ3) is 6.69. The van der Waals surface area contributed by atoms with Gasteiger partial charge in [-0.25, -0.2) is 19.1 Å². The quantitative estimate of drug-likeness (QED) is 0.209. The standard InChI is InChI=1S/C35H41FN6O4/c1-21-16-22(2)32(23(3)17-21)33(27-19-26(45-6)9-11-30(27)46-7)42(35(43)44)31-12-13-37-34(39-31)38-25-8-10-29(28(36)18-25)41-15-14-40(5)24(4)20-41/h8-13,16-19,24,33H,14-15,20H2,1-7H3,(H,43,44)(H,37,38,39). The smallest absolute Gasteiger partial charge is 0.413 e. The van der Waals surface area contributed by atoms with Gasteiger partial charge in [0, 0.05) is 43.1 Å². The summed E-state index contributed by atoms with van der Waals surface area (Å²) in [6.45, 7) is 10.4. The Morgan fingerprint density at radius 2 is 1.78 bits per heavy atom. The van der Waals surface area contributed by atoms with E-state index in [9.17, 15) is 9.90 Å². The summed E-state index contributed by atoms with van der Waals surface area (Å²) in [6, 6.07) is 15.3. The van der Waals surface area contributed by atoms with Gasteiger partial charge < -0.3 is 29.7 Å². The molecule has 242 valence electrons. The number of benzene rings is 3. The van der Waals surface area contributed by atoms with Crippen molar-refractivity contribution >= 4 is 29.2 Å². The maximum Gasteiger partial charge on any atom is 0.413 e. The molecule has 0 bridgehead atoms. The van der Waals surface area contributed by atoms with Crippen LogP contribution in [0.3, 0.4) is 0 Å². The molecular weight excluding hydrogens is 587 g/mol. The van der Waals surface area contributed by atoms with Gasteiger partial charge in [-0.15, -0.1) is 0 Å². The summed E-state index contributed by atoms with van der Waals surface area (Å²) in [5, 5.41) is 13.8. The number of hydrogen-bond acceptors (Lipinski definition) is 8. The van der Waals surface area contributed by atoms with Gasteiger partial charge in [0.2, 0.25) is 5.95 Å². The number of rotatable bonds is 9. The number of hydrogen-bond donors (Lipinski definition) is 2. The Bertz CT molecular complexity index is 1710. The zero-order chi connectivity index (χ0) is 33.1. The number of aryl methyl sites for hydroxylation is 3. The van der Waals surface area contributed by atoms with Crippen LogP contribution in [0.2, 0.25) is 0 Å². The molecule has 2 atom stereocenters. The van der Waals surface area contributed by atoms with Gasteiger partial charge in [0.05, 0.1) is 25.9 Å². The van der Waals surface area contributed by atoms with Gasteiger partial charge in [-0.05, 0) is 93.9 Å². The van der Waals surface area contributed by atoms with Crippen LogP contribution in [-0.2, 0) is 0 Å². The maximum absolute atomic E-state index is 15.3. The van der Waals surface area contributed by atoms with Crippen molar-refractivity contribution < 1.29 is 23.8 Å². The van der Waals surface area contributed by atoms with E-state index in [1.807, 2.05) is 37.8 Å². The highest BCUT2D eigenvalue weighted by molar-refractivity contribution is 5.87. The first kappa shape index (κ1) is 32.5. The second-order valence-electron chi connectivity index (χ2n) is 11.8. The molecule has 11 heteroatoms. The molecule has 2 N–H and O–H groups in total. The lowest BCUT2D eigenvalue weighted by Crippen LogP contribution is -2.50. The van der Waals surface area contributed by atoms with Crippen LogP contribution in [0.15, 0.2) is 60.8 Å². The predicted molar refractivity (Wildman–Crippen MR) is 179 cm³/mol. The van der Waals surface area contributed by atoms with E-state index in [-0.39, 0.29) is 17.6 Å². The van der Waals surface area contributed by atoms with Crippen molar-refractivity contribution in [1.82, 2.24) is 14.9 Å². The fourth-order valence-corrected chi connectivity index (χ4v) is 6.22. The number of nitrogens with zero attached hydrogens (tertiary/aromatic N) is 5. The van der Waals surface area contributed by atoms with Crippen molar-refractivity contribution in [1.29, 1.82) is 0 Å². The van der Waals surface area contributed by atoms with Crippen LogP contribution in [0.4, 0.5) is 32.3 Å². The Morgan fingerprint density at radius 3 is 2.41 bits per heavy atom. The minimum Gasteiger partial charge on any atom is -0.497 e. The van der Waals surface area contributed by atoms with Crippen molar-refractivity contribution in [3.05, 3.63) is 94.4 Å². The van der Waals surface area contributed by atoms with Crippen LogP contribution in [0.1, 0.15) is 40.8 Å². The van der Waals surface area contributed by atoms with Crippen LogP contribution in [-0.4, -0.2) is 73.0 Å². The molecule has 0 spiro atoms. The van der Waals surface area contributed by atoms with Crippen molar-refractivity contribution in [3.63, 3.8) is 0 Å². The third-order valence-corrected chi connectivity index (χ3v) is 8.60. The van der Waals surface area contributed by atoms with Gasteiger partial charge in [-0.3, -0.25) is 0 Å². The SMILES string of the molecule is COc1ccc(OC)c(C(c2c(C)cc(C)cc2C)N(C(=O)O)c2ccnc(Nc3ccc(N4CCN(C)C(C)C4)c(F)c3)n2)c1. The number of piperazine rings is 1. The van der Waals surface area contributed by atoms with E-state index in [2.05, 4.69) is 34.2 Å². The Balaban J connectivity index is 1.55. The Morgan fingerprint density at radius 1 is 1.04 bits per heavy atom. The molecule has 1 aliphatic heterocycles. The van der Waals surface area contributed by atoms with E-state index in [1.54, 1.807) is 44.6 Å². The second kappa shape index (κ2) is 13.6. The molecule has 10 nitrogen and oxygen atoms in total. The van der Waals surface area contributed by atoms with Crippen molar-refractivity contribution in [2.45, 2.75) is 39.8 Å². The molecule has 0 saturated carbocycles. The summed E-state index contributed by atoms with van der Waals surface area (Å²) in [4.78, 5) is 27.6. The number of aromatic nitrogens is 2. The number of nitrogens with one attached hydrogen (secondary N) is 1. The number of amides is 1. The number of methoxy groups -OCH3 is 2. The molecule has 0 aliphatic carbocycles. The highest BCUT2D eigenvalue weighted by atomic mass is 19.1. The highest BCUT2D eigenvalue weighted by Gasteiger charge is 2.34. The normalized spacial score (nSPS) is 15.7. The minimum atomic E-state index is -1.23.